The van der Waals surface area contributed by atoms with Crippen molar-refractivity contribution in [3.63, 3.8) is 0 Å². The van der Waals surface area contributed by atoms with Gasteiger partial charge in [-0.15, -0.1) is 34.0 Å². The molecule has 7 rings (SSSR count). The highest BCUT2D eigenvalue weighted by Gasteiger charge is 2.24. The van der Waals surface area contributed by atoms with Gasteiger partial charge in [-0.25, -0.2) is 14.8 Å². The number of hydrogen-bond acceptors (Lipinski definition) is 9. The van der Waals surface area contributed by atoms with Crippen molar-refractivity contribution in [3.8, 4) is 58.7 Å². The molecule has 0 aliphatic carbocycles. The van der Waals surface area contributed by atoms with Crippen molar-refractivity contribution in [1.82, 2.24) is 9.97 Å². The number of thiophene rings is 3. The van der Waals surface area contributed by atoms with Crippen LogP contribution in [0.1, 0.15) is 15.4 Å². The second kappa shape index (κ2) is 11.9. The Hall–Kier alpha value is -5.47. The lowest BCUT2D eigenvalue weighted by Gasteiger charge is -2.10. The summed E-state index contributed by atoms with van der Waals surface area (Å²) >= 11 is 4.48. The normalized spacial score (nSPS) is 11.5. The van der Waals surface area contributed by atoms with E-state index < -0.39 is 5.97 Å². The number of furan rings is 1. The van der Waals surface area contributed by atoms with Crippen LogP contribution in [0.2, 0.25) is 0 Å². The third kappa shape index (κ3) is 5.41. The third-order valence-electron chi connectivity index (χ3n) is 6.93. The van der Waals surface area contributed by atoms with E-state index in [1.807, 2.05) is 78.9 Å². The first-order valence-corrected chi connectivity index (χ1v) is 16.0. The largest absolute Gasteiger partial charge is 0.477 e. The van der Waals surface area contributed by atoms with E-state index in [0.29, 0.717) is 16.9 Å². The van der Waals surface area contributed by atoms with E-state index in [-0.39, 0.29) is 11.3 Å². The molecule has 1 N–H and O–H groups in total. The topological polar surface area (TPSA) is 117 Å². The maximum atomic E-state index is 11.5. The minimum Gasteiger partial charge on any atom is -0.477 e. The molecule has 2 aromatic carbocycles. The highest BCUT2D eigenvalue weighted by molar-refractivity contribution is 7.28. The SMILES string of the molecule is N#C/C(=C\c1ccc(-c2sc(-c3ccc(-c4ccc(C=O)o4)s3)c3nc(-c4ccccc4)c(-c4ccccc4)nc23)s1)C(=O)O. The van der Waals surface area contributed by atoms with Crippen LogP contribution in [-0.2, 0) is 4.79 Å². The van der Waals surface area contributed by atoms with Crippen molar-refractivity contribution < 1.29 is 19.1 Å². The van der Waals surface area contributed by atoms with Crippen LogP contribution >= 0.6 is 34.0 Å². The molecule has 45 heavy (non-hydrogen) atoms. The van der Waals surface area contributed by atoms with Crippen LogP contribution in [0.15, 0.2) is 107 Å². The minimum absolute atomic E-state index is 0.264. The fourth-order valence-electron chi connectivity index (χ4n) is 4.86. The van der Waals surface area contributed by atoms with E-state index in [1.165, 1.54) is 28.7 Å². The third-order valence-corrected chi connectivity index (χ3v) is 10.6. The first-order chi connectivity index (χ1) is 22.0. The Morgan fingerprint density at radius 3 is 1.87 bits per heavy atom. The van der Waals surface area contributed by atoms with Gasteiger partial charge in [0.15, 0.2) is 12.0 Å². The molecule has 216 valence electrons. The molecule has 0 spiro atoms. The summed E-state index contributed by atoms with van der Waals surface area (Å²) in [6.07, 6.45) is 2.06. The van der Waals surface area contributed by atoms with Crippen LogP contribution in [0, 0.1) is 11.3 Å². The van der Waals surface area contributed by atoms with Gasteiger partial charge in [-0.05, 0) is 42.5 Å². The Morgan fingerprint density at radius 2 is 1.31 bits per heavy atom. The van der Waals surface area contributed by atoms with Gasteiger partial charge >= 0.3 is 5.97 Å². The predicted molar refractivity (Wildman–Crippen MR) is 179 cm³/mol. The van der Waals surface area contributed by atoms with E-state index in [1.54, 1.807) is 35.6 Å². The van der Waals surface area contributed by atoms with Crippen molar-refractivity contribution in [2.45, 2.75) is 0 Å². The van der Waals surface area contributed by atoms with E-state index in [4.69, 9.17) is 14.4 Å². The number of carbonyl (C=O) groups is 2. The molecule has 5 aromatic heterocycles. The average molecular weight is 642 g/mol. The first-order valence-electron chi connectivity index (χ1n) is 13.6. The number of hydrogen-bond donors (Lipinski definition) is 1. The fourth-order valence-corrected chi connectivity index (χ4v) is 8.18. The molecule has 0 unspecified atom stereocenters. The Labute approximate surface area is 268 Å². The smallest absolute Gasteiger partial charge is 0.346 e. The van der Waals surface area contributed by atoms with Crippen LogP contribution < -0.4 is 0 Å². The lowest BCUT2D eigenvalue weighted by atomic mass is 10.0. The zero-order valence-electron chi connectivity index (χ0n) is 23.1. The molecule has 0 aliphatic rings. The maximum Gasteiger partial charge on any atom is 0.346 e. The maximum absolute atomic E-state index is 11.5. The van der Waals surface area contributed by atoms with E-state index in [9.17, 15) is 20.0 Å². The molecule has 5 heterocycles. The summed E-state index contributed by atoms with van der Waals surface area (Å²) in [5.41, 5.74) is 4.51. The number of benzene rings is 2. The number of aromatic nitrogens is 2. The quantitative estimate of drug-likeness (QED) is 0.0997. The number of aliphatic carboxylic acids is 1. The van der Waals surface area contributed by atoms with Gasteiger partial charge in [0.25, 0.3) is 0 Å². The van der Waals surface area contributed by atoms with Gasteiger partial charge in [0.1, 0.15) is 28.4 Å². The van der Waals surface area contributed by atoms with E-state index in [0.717, 1.165) is 57.9 Å². The Morgan fingerprint density at radius 1 is 0.733 bits per heavy atom. The molecule has 0 saturated heterocycles. The number of carbonyl (C=O) groups excluding carboxylic acids is 1. The summed E-state index contributed by atoms with van der Waals surface area (Å²) in [5, 5.41) is 18.6. The second-order valence-electron chi connectivity index (χ2n) is 9.77. The number of fused-ring (bicyclic) bond motifs is 1. The van der Waals surface area contributed by atoms with Crippen molar-refractivity contribution in [1.29, 1.82) is 5.26 Å². The van der Waals surface area contributed by atoms with Crippen LogP contribution in [0.25, 0.3) is 69.8 Å². The van der Waals surface area contributed by atoms with Gasteiger partial charge in [-0.1, -0.05) is 60.7 Å². The molecule has 0 bridgehead atoms. The summed E-state index contributed by atoms with van der Waals surface area (Å²) in [6, 6.07) is 32.8. The number of nitrogens with zero attached hydrogens (tertiary/aromatic N) is 3. The zero-order valence-corrected chi connectivity index (χ0v) is 25.6. The van der Waals surface area contributed by atoms with Crippen LogP contribution in [-0.4, -0.2) is 27.3 Å². The summed E-state index contributed by atoms with van der Waals surface area (Å²) in [5.74, 6) is -0.396. The summed E-state index contributed by atoms with van der Waals surface area (Å²) < 4.78 is 5.68. The molecule has 0 radical (unpaired) electrons. The van der Waals surface area contributed by atoms with Crippen LogP contribution in [0.4, 0.5) is 0 Å². The lowest BCUT2D eigenvalue weighted by Crippen LogP contribution is -1.96. The monoisotopic (exact) mass is 641 g/mol. The number of carboxylic acids is 1. The molecule has 10 heteroatoms. The lowest BCUT2D eigenvalue weighted by molar-refractivity contribution is -0.132. The molecule has 0 atom stereocenters. The van der Waals surface area contributed by atoms with Crippen molar-refractivity contribution in [3.05, 3.63) is 113 Å². The molecule has 7 aromatic rings. The average Bonchev–Trinajstić information content (AvgIpc) is 3.89. The summed E-state index contributed by atoms with van der Waals surface area (Å²) in [7, 11) is 0. The van der Waals surface area contributed by atoms with Gasteiger partial charge in [0.2, 0.25) is 0 Å². The molecule has 0 amide bonds. The molecule has 7 nitrogen and oxygen atoms in total. The van der Waals surface area contributed by atoms with Crippen LogP contribution in [0.5, 0.6) is 0 Å². The van der Waals surface area contributed by atoms with Gasteiger partial charge in [-0.3, -0.25) is 4.79 Å². The highest BCUT2D eigenvalue weighted by atomic mass is 32.1. The number of nitriles is 1. The predicted octanol–water partition coefficient (Wildman–Crippen LogP) is 9.55. The summed E-state index contributed by atoms with van der Waals surface area (Å²) in [6.45, 7) is 0. The van der Waals surface area contributed by atoms with Gasteiger partial charge in [0.05, 0.1) is 26.0 Å². The standard InChI is InChI=1S/C35H19N3O4S3/c36-18-22(35(40)41)17-24-12-14-27(43-24)33-31-32(34(45-33)28-16-15-26(44-28)25-13-11-23(19-39)42-25)38-30(21-9-5-2-6-10-21)29(37-31)20-7-3-1-4-8-20/h1-17,19H,(H,40,41)/b22-17+. The number of carboxylic acid groups (broad SMARTS) is 1. The Bertz CT molecular complexity index is 2290. The Balaban J connectivity index is 1.47. The molecular weight excluding hydrogens is 623 g/mol. The minimum atomic E-state index is -1.27. The number of rotatable bonds is 8. The van der Waals surface area contributed by atoms with E-state index in [2.05, 4.69) is 0 Å². The Kier molecular flexibility index (Phi) is 7.49. The van der Waals surface area contributed by atoms with Crippen molar-refractivity contribution >= 4 is 63.4 Å². The highest BCUT2D eigenvalue weighted by Crippen LogP contribution is 2.49. The number of aldehydes is 1. The zero-order chi connectivity index (χ0) is 30.9. The van der Waals surface area contributed by atoms with Crippen molar-refractivity contribution in [2.24, 2.45) is 0 Å². The molecule has 0 saturated carbocycles. The molecule has 0 fully saturated rings. The van der Waals surface area contributed by atoms with E-state index >= 15 is 0 Å². The van der Waals surface area contributed by atoms with Gasteiger partial charge in [0, 0.05) is 25.8 Å². The van der Waals surface area contributed by atoms with Crippen molar-refractivity contribution in [2.75, 3.05) is 0 Å². The molecular formula is C35H19N3O4S3. The molecule has 0 aliphatic heterocycles. The second-order valence-corrected chi connectivity index (χ2v) is 13.0. The van der Waals surface area contributed by atoms with Crippen LogP contribution in [0.3, 0.4) is 0 Å². The fraction of sp³-hybridized carbons (Fsp3) is 0. The summed E-state index contributed by atoms with van der Waals surface area (Å²) in [4.78, 5) is 38.4. The van der Waals surface area contributed by atoms with Gasteiger partial charge < -0.3 is 9.52 Å². The first kappa shape index (κ1) is 28.3. The van der Waals surface area contributed by atoms with Gasteiger partial charge in [-0.2, -0.15) is 5.26 Å².